The van der Waals surface area contributed by atoms with Crippen molar-refractivity contribution in [3.8, 4) is 0 Å². The Morgan fingerprint density at radius 1 is 1.00 bits per heavy atom. The molecule has 20 heavy (non-hydrogen) atoms. The van der Waals surface area contributed by atoms with Gasteiger partial charge in [0.05, 0.1) is 0 Å². The Labute approximate surface area is 120 Å². The Balaban J connectivity index is 2.13. The SMILES string of the molecule is O=C(Nc1cccc(F)c1)Nc1c(F)cc(Br)cc1F. The molecule has 0 heterocycles. The molecule has 0 fully saturated rings. The summed E-state index contributed by atoms with van der Waals surface area (Å²) in [5, 5.41) is 4.30. The predicted molar refractivity (Wildman–Crippen MR) is 73.1 cm³/mol. The van der Waals surface area contributed by atoms with E-state index in [0.29, 0.717) is 0 Å². The van der Waals surface area contributed by atoms with E-state index in [1.807, 2.05) is 5.32 Å². The third-order valence-corrected chi connectivity index (χ3v) is 2.79. The fourth-order valence-electron chi connectivity index (χ4n) is 1.50. The largest absolute Gasteiger partial charge is 0.323 e. The first kappa shape index (κ1) is 14.4. The van der Waals surface area contributed by atoms with Gasteiger partial charge in [-0.05, 0) is 30.3 Å². The number of amides is 2. The van der Waals surface area contributed by atoms with Gasteiger partial charge in [0.25, 0.3) is 0 Å². The van der Waals surface area contributed by atoms with Crippen molar-refractivity contribution in [3.05, 3.63) is 58.3 Å². The minimum absolute atomic E-state index is 0.167. The van der Waals surface area contributed by atoms with Crippen LogP contribution in [-0.2, 0) is 0 Å². The molecule has 0 aromatic heterocycles. The highest BCUT2D eigenvalue weighted by Gasteiger charge is 2.13. The molecule has 0 saturated carbocycles. The fraction of sp³-hybridized carbons (Fsp3) is 0. The number of halogens is 4. The summed E-state index contributed by atoms with van der Waals surface area (Å²) < 4.78 is 40.1. The Morgan fingerprint density at radius 2 is 1.65 bits per heavy atom. The second-order valence-corrected chi connectivity index (χ2v) is 4.75. The zero-order valence-electron chi connectivity index (χ0n) is 9.88. The van der Waals surface area contributed by atoms with E-state index >= 15 is 0 Å². The summed E-state index contributed by atoms with van der Waals surface area (Å²) in [5.41, 5.74) is -0.414. The van der Waals surface area contributed by atoms with Crippen molar-refractivity contribution in [3.63, 3.8) is 0 Å². The van der Waals surface area contributed by atoms with E-state index in [4.69, 9.17) is 0 Å². The maximum Gasteiger partial charge on any atom is 0.323 e. The van der Waals surface area contributed by atoms with E-state index in [2.05, 4.69) is 21.2 Å². The molecule has 3 nitrogen and oxygen atoms in total. The molecular weight excluding hydrogens is 337 g/mol. The zero-order chi connectivity index (χ0) is 14.7. The number of carbonyl (C=O) groups is 1. The average Bonchev–Trinajstić information content (AvgIpc) is 2.33. The second kappa shape index (κ2) is 5.96. The summed E-state index contributed by atoms with van der Waals surface area (Å²) in [5.74, 6) is -2.39. The van der Waals surface area contributed by atoms with E-state index in [0.717, 1.165) is 18.2 Å². The third kappa shape index (κ3) is 3.51. The number of carbonyl (C=O) groups excluding carboxylic acids is 1. The van der Waals surface area contributed by atoms with Crippen LogP contribution in [0.2, 0.25) is 0 Å². The molecule has 0 saturated heterocycles. The summed E-state index contributed by atoms with van der Waals surface area (Å²) in [6.45, 7) is 0. The van der Waals surface area contributed by atoms with E-state index in [-0.39, 0.29) is 10.2 Å². The van der Waals surface area contributed by atoms with Gasteiger partial charge in [-0.25, -0.2) is 18.0 Å². The molecule has 0 aliphatic rings. The fourth-order valence-corrected chi connectivity index (χ4v) is 1.91. The van der Waals surface area contributed by atoms with Gasteiger partial charge in [0, 0.05) is 10.2 Å². The molecule has 2 aromatic carbocycles. The van der Waals surface area contributed by atoms with Crippen LogP contribution in [0.15, 0.2) is 40.9 Å². The van der Waals surface area contributed by atoms with Crippen LogP contribution < -0.4 is 10.6 Å². The van der Waals surface area contributed by atoms with Crippen molar-refractivity contribution in [2.45, 2.75) is 0 Å². The van der Waals surface area contributed by atoms with Crippen molar-refractivity contribution in [1.29, 1.82) is 0 Å². The molecule has 0 aliphatic carbocycles. The quantitative estimate of drug-likeness (QED) is 0.826. The van der Waals surface area contributed by atoms with Crippen molar-refractivity contribution in [2.24, 2.45) is 0 Å². The molecule has 0 radical (unpaired) electrons. The van der Waals surface area contributed by atoms with Gasteiger partial charge in [-0.1, -0.05) is 22.0 Å². The van der Waals surface area contributed by atoms with Gasteiger partial charge in [-0.15, -0.1) is 0 Å². The molecule has 0 atom stereocenters. The van der Waals surface area contributed by atoms with Crippen LogP contribution in [0.4, 0.5) is 29.3 Å². The number of anilines is 2. The Hall–Kier alpha value is -2.02. The van der Waals surface area contributed by atoms with Crippen LogP contribution in [0.1, 0.15) is 0 Å². The lowest BCUT2D eigenvalue weighted by Gasteiger charge is -2.09. The molecule has 2 aromatic rings. The van der Waals surface area contributed by atoms with Crippen LogP contribution in [0, 0.1) is 17.5 Å². The number of nitrogens with one attached hydrogen (secondary N) is 2. The van der Waals surface area contributed by atoms with E-state index in [9.17, 15) is 18.0 Å². The van der Waals surface area contributed by atoms with Crippen molar-refractivity contribution >= 4 is 33.3 Å². The van der Waals surface area contributed by atoms with Crippen molar-refractivity contribution in [2.75, 3.05) is 10.6 Å². The molecule has 7 heteroatoms. The highest BCUT2D eigenvalue weighted by atomic mass is 79.9. The standard InChI is InChI=1S/C13H8BrF3N2O/c14-7-4-10(16)12(11(17)5-7)19-13(20)18-9-3-1-2-8(15)6-9/h1-6H,(H2,18,19,20). The summed E-state index contributed by atoms with van der Waals surface area (Å²) in [6, 6.07) is 6.27. The third-order valence-electron chi connectivity index (χ3n) is 2.33. The van der Waals surface area contributed by atoms with Gasteiger partial charge >= 0.3 is 6.03 Å². The lowest BCUT2D eigenvalue weighted by molar-refractivity contribution is 0.262. The van der Waals surface area contributed by atoms with Crippen LogP contribution >= 0.6 is 15.9 Å². The summed E-state index contributed by atoms with van der Waals surface area (Å²) in [4.78, 5) is 11.6. The van der Waals surface area contributed by atoms with E-state index < -0.39 is 29.2 Å². The molecule has 0 aliphatic heterocycles. The monoisotopic (exact) mass is 344 g/mol. The van der Waals surface area contributed by atoms with Gasteiger partial charge in [-0.3, -0.25) is 0 Å². The molecule has 0 bridgehead atoms. The highest BCUT2D eigenvalue weighted by molar-refractivity contribution is 9.10. The number of hydrogen-bond acceptors (Lipinski definition) is 1. The summed E-state index contributed by atoms with van der Waals surface area (Å²) in [6.07, 6.45) is 0. The normalized spacial score (nSPS) is 10.2. The van der Waals surface area contributed by atoms with E-state index in [1.165, 1.54) is 18.2 Å². The van der Waals surface area contributed by atoms with Crippen LogP contribution in [0.5, 0.6) is 0 Å². The van der Waals surface area contributed by atoms with Gasteiger partial charge in [0.15, 0.2) is 11.6 Å². The van der Waals surface area contributed by atoms with Crippen molar-refractivity contribution in [1.82, 2.24) is 0 Å². The molecule has 2 rings (SSSR count). The lowest BCUT2D eigenvalue weighted by atomic mass is 10.3. The van der Waals surface area contributed by atoms with Gasteiger partial charge in [0.1, 0.15) is 11.5 Å². The van der Waals surface area contributed by atoms with Gasteiger partial charge in [-0.2, -0.15) is 0 Å². The topological polar surface area (TPSA) is 41.1 Å². The van der Waals surface area contributed by atoms with Crippen LogP contribution in [-0.4, -0.2) is 6.03 Å². The average molecular weight is 345 g/mol. The van der Waals surface area contributed by atoms with Crippen LogP contribution in [0.3, 0.4) is 0 Å². The number of urea groups is 1. The Morgan fingerprint density at radius 3 is 2.25 bits per heavy atom. The predicted octanol–water partition coefficient (Wildman–Crippen LogP) is 4.51. The van der Waals surface area contributed by atoms with Crippen LogP contribution in [0.25, 0.3) is 0 Å². The molecule has 0 unspecified atom stereocenters. The Bertz CT molecular complexity index is 641. The molecular formula is C13H8BrF3N2O. The van der Waals surface area contributed by atoms with Crippen molar-refractivity contribution < 1.29 is 18.0 Å². The molecule has 2 N–H and O–H groups in total. The van der Waals surface area contributed by atoms with Gasteiger partial charge < -0.3 is 10.6 Å². The minimum atomic E-state index is -0.925. The van der Waals surface area contributed by atoms with E-state index in [1.54, 1.807) is 0 Å². The lowest BCUT2D eigenvalue weighted by Crippen LogP contribution is -2.21. The zero-order valence-corrected chi connectivity index (χ0v) is 11.5. The molecule has 2 amide bonds. The first-order valence-electron chi connectivity index (χ1n) is 5.44. The first-order chi connectivity index (χ1) is 9.45. The summed E-state index contributed by atoms with van der Waals surface area (Å²) >= 11 is 2.93. The first-order valence-corrected chi connectivity index (χ1v) is 6.23. The maximum atomic E-state index is 13.5. The second-order valence-electron chi connectivity index (χ2n) is 3.83. The van der Waals surface area contributed by atoms with Gasteiger partial charge in [0.2, 0.25) is 0 Å². The maximum absolute atomic E-state index is 13.5. The summed E-state index contributed by atoms with van der Waals surface area (Å²) in [7, 11) is 0. The highest BCUT2D eigenvalue weighted by Crippen LogP contribution is 2.24. The number of benzene rings is 2. The smallest absolute Gasteiger partial charge is 0.308 e. The molecule has 0 spiro atoms. The number of rotatable bonds is 2. The Kier molecular flexibility index (Phi) is 4.29. The molecule has 104 valence electrons. The minimum Gasteiger partial charge on any atom is -0.308 e. The number of hydrogen-bond donors (Lipinski definition) is 2.